The Labute approximate surface area is 231 Å². The quantitative estimate of drug-likeness (QED) is 0.283. The van der Waals surface area contributed by atoms with Crippen LogP contribution in [-0.4, -0.2) is 11.1 Å². The number of benzene rings is 3. The predicted molar refractivity (Wildman–Crippen MR) is 149 cm³/mol. The van der Waals surface area contributed by atoms with Gasteiger partial charge in [0.15, 0.2) is 0 Å². The van der Waals surface area contributed by atoms with E-state index in [0.717, 1.165) is 42.7 Å². The monoisotopic (exact) mass is 556 g/mol. The van der Waals surface area contributed by atoms with E-state index < -0.39 is 17.7 Å². The fraction of sp³-hybridized carbons (Fsp3) is 0.387. The Hall–Kier alpha value is -3.19. The van der Waals surface area contributed by atoms with Gasteiger partial charge in [-0.15, -0.1) is 0 Å². The van der Waals surface area contributed by atoms with E-state index in [1.165, 1.54) is 43.0 Å². The van der Waals surface area contributed by atoms with Gasteiger partial charge in [0, 0.05) is 11.4 Å². The minimum absolute atomic E-state index is 0.0285. The number of aromatic carboxylic acids is 1. The maximum atomic E-state index is 13.8. The van der Waals surface area contributed by atoms with Crippen molar-refractivity contribution in [1.29, 1.82) is 0 Å². The first-order valence-corrected chi connectivity index (χ1v) is 13.7. The van der Waals surface area contributed by atoms with Crippen LogP contribution in [0.4, 0.5) is 35.9 Å². The molecule has 0 aromatic heterocycles. The summed E-state index contributed by atoms with van der Waals surface area (Å²) in [6, 6.07) is 15.4. The van der Waals surface area contributed by atoms with Crippen molar-refractivity contribution in [2.45, 2.75) is 57.5 Å². The van der Waals surface area contributed by atoms with E-state index in [2.05, 4.69) is 24.5 Å². The summed E-state index contributed by atoms with van der Waals surface area (Å²) in [6.45, 7) is 4.65. The van der Waals surface area contributed by atoms with Crippen molar-refractivity contribution in [3.05, 3.63) is 82.4 Å². The Bertz CT molecular complexity index is 1370. The molecule has 2 unspecified atom stereocenters. The van der Waals surface area contributed by atoms with E-state index >= 15 is 0 Å². The highest BCUT2D eigenvalue weighted by Gasteiger charge is 2.42. The number of hydrogen-bond donors (Lipinski definition) is 3. The second kappa shape index (κ2) is 10.4. The van der Waals surface area contributed by atoms with Crippen molar-refractivity contribution in [3.8, 4) is 0 Å². The third-order valence-corrected chi connectivity index (χ3v) is 8.57. The van der Waals surface area contributed by atoms with E-state index in [-0.39, 0.29) is 28.0 Å². The van der Waals surface area contributed by atoms with Crippen LogP contribution in [0, 0.1) is 17.8 Å². The van der Waals surface area contributed by atoms with Crippen LogP contribution in [0.15, 0.2) is 60.7 Å². The summed E-state index contributed by atoms with van der Waals surface area (Å²) in [5, 5.41) is 15.8. The van der Waals surface area contributed by atoms with Gasteiger partial charge >= 0.3 is 12.1 Å². The summed E-state index contributed by atoms with van der Waals surface area (Å²) in [6.07, 6.45) is 1.48. The summed E-state index contributed by atoms with van der Waals surface area (Å²) < 4.78 is 41.3. The molecule has 0 heterocycles. The number of anilines is 4. The second-order valence-electron chi connectivity index (χ2n) is 11.6. The number of carboxylic acid groups (broad SMARTS) is 1. The van der Waals surface area contributed by atoms with Gasteiger partial charge in [0.25, 0.3) is 0 Å². The minimum atomic E-state index is -4.60. The van der Waals surface area contributed by atoms with Gasteiger partial charge in [-0.2, -0.15) is 13.2 Å². The molecule has 2 atom stereocenters. The summed E-state index contributed by atoms with van der Waals surface area (Å²) >= 11 is 6.69. The van der Waals surface area contributed by atoms with Crippen LogP contribution in [0.5, 0.6) is 0 Å². The molecule has 0 amide bonds. The third-order valence-electron chi connectivity index (χ3n) is 8.26. The largest absolute Gasteiger partial charge is 0.478 e. The first-order chi connectivity index (χ1) is 18.4. The van der Waals surface area contributed by atoms with Crippen LogP contribution in [0.25, 0.3) is 0 Å². The van der Waals surface area contributed by atoms with Crippen molar-refractivity contribution in [2.75, 3.05) is 10.6 Å². The van der Waals surface area contributed by atoms with Gasteiger partial charge in [-0.25, -0.2) is 4.79 Å². The Balaban J connectivity index is 1.42. The highest BCUT2D eigenvalue weighted by Crippen LogP contribution is 2.52. The fourth-order valence-electron chi connectivity index (χ4n) is 6.84. The highest BCUT2D eigenvalue weighted by molar-refractivity contribution is 6.33. The van der Waals surface area contributed by atoms with Crippen molar-refractivity contribution in [3.63, 3.8) is 0 Å². The molecular weight excluding hydrogens is 525 g/mol. The number of hydrogen-bond acceptors (Lipinski definition) is 3. The number of para-hydroxylation sites is 1. The standard InChI is InChI=1S/C31H32ClF3N2O2/c1-18-9-19-11-20(10-18)17-30(2,16-19)21-7-8-28(26(32)14-21)37-24-13-22(31(33,34)35)12-23(15-24)36-27-6-4-3-5-25(27)29(38)39/h3-8,12-15,18-20,36-37H,9-11,16-17H2,1-2H3,(H,38,39). The van der Waals surface area contributed by atoms with E-state index in [4.69, 9.17) is 11.6 Å². The van der Waals surface area contributed by atoms with Crippen molar-refractivity contribution in [2.24, 2.45) is 17.8 Å². The first kappa shape index (κ1) is 27.4. The van der Waals surface area contributed by atoms with Gasteiger partial charge < -0.3 is 15.7 Å². The fourth-order valence-corrected chi connectivity index (χ4v) is 7.07. The van der Waals surface area contributed by atoms with Crippen LogP contribution in [0.1, 0.15) is 67.4 Å². The van der Waals surface area contributed by atoms with Gasteiger partial charge in [-0.05, 0) is 103 Å². The lowest BCUT2D eigenvalue weighted by Gasteiger charge is -2.47. The average Bonchev–Trinajstić information content (AvgIpc) is 2.84. The van der Waals surface area contributed by atoms with Gasteiger partial charge in [0.1, 0.15) is 0 Å². The molecule has 2 saturated carbocycles. The minimum Gasteiger partial charge on any atom is -0.478 e. The van der Waals surface area contributed by atoms with Crippen molar-refractivity contribution in [1.82, 2.24) is 0 Å². The normalized spacial score (nSPS) is 24.7. The second-order valence-corrected chi connectivity index (χ2v) is 12.0. The molecule has 0 spiro atoms. The molecule has 2 aliphatic rings. The van der Waals surface area contributed by atoms with Gasteiger partial charge in [-0.1, -0.05) is 43.6 Å². The molecule has 39 heavy (non-hydrogen) atoms. The molecule has 3 aromatic carbocycles. The van der Waals surface area contributed by atoms with Gasteiger partial charge in [0.2, 0.25) is 0 Å². The molecule has 8 heteroatoms. The van der Waals surface area contributed by atoms with Crippen LogP contribution < -0.4 is 10.6 Å². The van der Waals surface area contributed by atoms with E-state index in [9.17, 15) is 23.1 Å². The highest BCUT2D eigenvalue weighted by atomic mass is 35.5. The number of rotatable bonds is 6. The van der Waals surface area contributed by atoms with Gasteiger partial charge in [-0.3, -0.25) is 0 Å². The predicted octanol–water partition coefficient (Wildman–Crippen LogP) is 9.65. The zero-order chi connectivity index (χ0) is 27.9. The van der Waals surface area contributed by atoms with Crippen molar-refractivity contribution >= 4 is 40.3 Å². The molecule has 3 N–H and O–H groups in total. The molecule has 2 bridgehead atoms. The average molecular weight is 557 g/mol. The molecule has 2 aliphatic carbocycles. The van der Waals surface area contributed by atoms with E-state index in [0.29, 0.717) is 10.7 Å². The molecule has 206 valence electrons. The lowest BCUT2D eigenvalue weighted by atomic mass is 9.57. The Morgan fingerprint density at radius 1 is 0.923 bits per heavy atom. The number of alkyl halides is 3. The first-order valence-electron chi connectivity index (χ1n) is 13.3. The molecule has 3 aromatic rings. The molecule has 5 rings (SSSR count). The number of halogens is 4. The van der Waals surface area contributed by atoms with Crippen LogP contribution in [0.2, 0.25) is 5.02 Å². The zero-order valence-corrected chi connectivity index (χ0v) is 22.7. The number of carboxylic acids is 1. The molecule has 0 radical (unpaired) electrons. The van der Waals surface area contributed by atoms with E-state index in [1.807, 2.05) is 18.2 Å². The number of fused-ring (bicyclic) bond motifs is 2. The Morgan fingerprint density at radius 2 is 1.54 bits per heavy atom. The van der Waals surface area contributed by atoms with Crippen molar-refractivity contribution < 1.29 is 23.1 Å². The number of nitrogens with one attached hydrogen (secondary N) is 2. The summed E-state index contributed by atoms with van der Waals surface area (Å²) in [5.41, 5.74) is 1.26. The summed E-state index contributed by atoms with van der Waals surface area (Å²) in [4.78, 5) is 11.6. The van der Waals surface area contributed by atoms with E-state index in [1.54, 1.807) is 12.1 Å². The summed E-state index contributed by atoms with van der Waals surface area (Å²) in [7, 11) is 0. The Kier molecular flexibility index (Phi) is 7.31. The molecule has 0 saturated heterocycles. The lowest BCUT2D eigenvalue weighted by Crippen LogP contribution is -2.38. The van der Waals surface area contributed by atoms with Crippen LogP contribution in [0.3, 0.4) is 0 Å². The van der Waals surface area contributed by atoms with Gasteiger partial charge in [0.05, 0.1) is 27.5 Å². The molecule has 0 aliphatic heterocycles. The number of carbonyl (C=O) groups is 1. The molecule has 2 fully saturated rings. The third kappa shape index (κ3) is 6.03. The van der Waals surface area contributed by atoms with Crippen LogP contribution in [-0.2, 0) is 11.6 Å². The maximum Gasteiger partial charge on any atom is 0.416 e. The topological polar surface area (TPSA) is 61.4 Å². The summed E-state index contributed by atoms with van der Waals surface area (Å²) in [5.74, 6) is 1.03. The smallest absolute Gasteiger partial charge is 0.416 e. The SMILES string of the molecule is CC1CC2CC(C1)CC(C)(c1ccc(Nc3cc(Nc4ccccc4C(=O)O)cc(C(F)(F)F)c3)c(Cl)c1)C2. The maximum absolute atomic E-state index is 13.8. The molecular formula is C31H32ClF3N2O2. The lowest BCUT2D eigenvalue weighted by molar-refractivity contribution is -0.137. The van der Waals surface area contributed by atoms with Crippen LogP contribution >= 0.6 is 11.6 Å². The molecule has 4 nitrogen and oxygen atoms in total. The zero-order valence-electron chi connectivity index (χ0n) is 21.9. The Morgan fingerprint density at radius 3 is 2.13 bits per heavy atom.